The Morgan fingerprint density at radius 2 is 0.698 bits per heavy atom. The molecule has 12 rings (SSSR count). The molecule has 0 spiro atoms. The lowest BCUT2D eigenvalue weighted by Crippen LogP contribution is -2.04. The van der Waals surface area contributed by atoms with Crippen molar-refractivity contribution in [2.75, 3.05) is 0 Å². The number of hydrogen-bond acceptors (Lipinski definition) is 1. The molecule has 0 N–H and O–H groups in total. The van der Waals surface area contributed by atoms with Crippen molar-refractivity contribution in [3.05, 3.63) is 182 Å². The number of imidazole rings is 2. The van der Waals surface area contributed by atoms with E-state index in [4.69, 9.17) is 4.98 Å². The average molecular weight is 675 g/mol. The predicted octanol–water partition coefficient (Wildman–Crippen LogP) is 12.5. The van der Waals surface area contributed by atoms with E-state index in [9.17, 15) is 0 Å². The molecule has 0 radical (unpaired) electrons. The summed E-state index contributed by atoms with van der Waals surface area (Å²) < 4.78 is 7.16. The molecule has 246 valence electrons. The molecule has 0 unspecified atom stereocenters. The Morgan fingerprint density at radius 1 is 0.302 bits per heavy atom. The minimum atomic E-state index is 0.886. The summed E-state index contributed by atoms with van der Waals surface area (Å²) in [6, 6.07) is 66.1. The molecule has 0 aliphatic heterocycles. The fourth-order valence-electron chi connectivity index (χ4n) is 9.01. The Labute approximate surface area is 305 Å². The first-order valence-electron chi connectivity index (χ1n) is 18.2. The van der Waals surface area contributed by atoms with Crippen LogP contribution < -0.4 is 0 Å². The van der Waals surface area contributed by atoms with Crippen molar-refractivity contribution in [3.8, 4) is 55.9 Å². The number of aromatic nitrogens is 4. The van der Waals surface area contributed by atoms with Gasteiger partial charge in [0.25, 0.3) is 0 Å². The van der Waals surface area contributed by atoms with Gasteiger partial charge in [-0.05, 0) is 93.0 Å². The summed E-state index contributed by atoms with van der Waals surface area (Å²) in [6.07, 6.45) is 0. The van der Waals surface area contributed by atoms with Crippen LogP contribution in [0.5, 0.6) is 0 Å². The zero-order chi connectivity index (χ0) is 34.6. The number of hydrogen-bond donors (Lipinski definition) is 0. The maximum Gasteiger partial charge on any atom is 0.220 e. The summed E-state index contributed by atoms with van der Waals surface area (Å²) in [5.74, 6) is 0.886. The van der Waals surface area contributed by atoms with E-state index in [0.29, 0.717) is 0 Å². The summed E-state index contributed by atoms with van der Waals surface area (Å²) in [7, 11) is 0. The second-order valence-electron chi connectivity index (χ2n) is 14.0. The minimum absolute atomic E-state index is 0.886. The van der Waals surface area contributed by atoms with Gasteiger partial charge in [0.2, 0.25) is 5.78 Å². The smallest absolute Gasteiger partial charge is 0.220 e. The van der Waals surface area contributed by atoms with E-state index >= 15 is 0 Å². The van der Waals surface area contributed by atoms with E-state index in [-0.39, 0.29) is 0 Å². The SMILES string of the molecule is c1ccc2c(c1)-c1ccccc1-c1cc3c(cc1-c1ccccc1-2)n1c2ccccc2nc1n3-c1ccccc1-n1c2ccccc2c2ccccc21. The lowest BCUT2D eigenvalue weighted by molar-refractivity contribution is 1.06. The molecule has 4 heteroatoms. The Bertz CT molecular complexity index is 3250. The van der Waals surface area contributed by atoms with Crippen LogP contribution in [0.4, 0.5) is 0 Å². The van der Waals surface area contributed by atoms with Crippen molar-refractivity contribution in [3.63, 3.8) is 0 Å². The second-order valence-corrected chi connectivity index (χ2v) is 14.0. The van der Waals surface area contributed by atoms with Crippen molar-refractivity contribution in [2.45, 2.75) is 0 Å². The van der Waals surface area contributed by atoms with Crippen molar-refractivity contribution in [1.82, 2.24) is 18.5 Å². The van der Waals surface area contributed by atoms with E-state index in [1.807, 2.05) is 0 Å². The standard InChI is InChI=1S/C49H30N4/c1-2-16-32-31(15-1)33-17-3-5-19-35(33)39-29-47-48(30-40(39)36-20-6-4-18-34(32)36)53(49-50-41-23-9-12-26-44(41)52(47)49)46-28-14-13-27-45(46)51-42-24-10-7-21-37(42)38-22-8-11-25-43(38)51/h1-30H. The van der Waals surface area contributed by atoms with E-state index in [1.54, 1.807) is 0 Å². The van der Waals surface area contributed by atoms with Gasteiger partial charge in [-0.3, -0.25) is 8.97 Å². The fraction of sp³-hybridized carbons (Fsp3) is 0. The molecular weight excluding hydrogens is 645 g/mol. The van der Waals surface area contributed by atoms with Gasteiger partial charge in [0.15, 0.2) is 0 Å². The van der Waals surface area contributed by atoms with E-state index in [1.165, 1.54) is 66.3 Å². The van der Waals surface area contributed by atoms with Crippen LogP contribution in [-0.4, -0.2) is 18.5 Å². The lowest BCUT2D eigenvalue weighted by Gasteiger charge is -2.23. The molecular formula is C49H30N4. The number of nitrogens with zero attached hydrogens (tertiary/aromatic N) is 4. The van der Waals surface area contributed by atoms with Crippen LogP contribution in [0.1, 0.15) is 0 Å². The number of para-hydroxylation sites is 6. The molecule has 4 nitrogen and oxygen atoms in total. The maximum absolute atomic E-state index is 5.38. The molecule has 3 heterocycles. The van der Waals surface area contributed by atoms with Crippen molar-refractivity contribution in [2.24, 2.45) is 0 Å². The predicted molar refractivity (Wildman–Crippen MR) is 219 cm³/mol. The van der Waals surface area contributed by atoms with Gasteiger partial charge < -0.3 is 4.57 Å². The highest BCUT2D eigenvalue weighted by Gasteiger charge is 2.26. The van der Waals surface area contributed by atoms with Crippen molar-refractivity contribution >= 4 is 49.7 Å². The van der Waals surface area contributed by atoms with Gasteiger partial charge in [-0.25, -0.2) is 4.98 Å². The maximum atomic E-state index is 5.38. The zero-order valence-corrected chi connectivity index (χ0v) is 28.6. The molecule has 0 saturated carbocycles. The summed E-state index contributed by atoms with van der Waals surface area (Å²) in [4.78, 5) is 5.38. The Morgan fingerprint density at radius 3 is 1.25 bits per heavy atom. The molecule has 0 fully saturated rings. The number of benzene rings is 8. The summed E-state index contributed by atoms with van der Waals surface area (Å²) in [5, 5.41) is 2.48. The van der Waals surface area contributed by atoms with Crippen LogP contribution in [0.2, 0.25) is 0 Å². The first-order chi connectivity index (χ1) is 26.3. The fourth-order valence-corrected chi connectivity index (χ4v) is 9.01. The average Bonchev–Trinajstić information content (AvgIpc) is 3.86. The van der Waals surface area contributed by atoms with Crippen LogP contribution in [0, 0.1) is 0 Å². The molecule has 1 aliphatic rings. The molecule has 53 heavy (non-hydrogen) atoms. The molecule has 0 amide bonds. The first kappa shape index (κ1) is 28.5. The Kier molecular flexibility index (Phi) is 5.74. The topological polar surface area (TPSA) is 27.2 Å². The van der Waals surface area contributed by atoms with Crippen LogP contribution in [0.25, 0.3) is 106 Å². The quantitative estimate of drug-likeness (QED) is 0.179. The van der Waals surface area contributed by atoms with E-state index in [0.717, 1.165) is 39.2 Å². The largest absolute Gasteiger partial charge is 0.307 e. The van der Waals surface area contributed by atoms with Gasteiger partial charge in [0, 0.05) is 10.8 Å². The summed E-state index contributed by atoms with van der Waals surface area (Å²) in [5.41, 5.74) is 18.6. The monoisotopic (exact) mass is 674 g/mol. The highest BCUT2D eigenvalue weighted by atomic mass is 15.2. The normalized spacial score (nSPS) is 12.2. The molecule has 11 aromatic rings. The van der Waals surface area contributed by atoms with E-state index in [2.05, 4.69) is 196 Å². The van der Waals surface area contributed by atoms with Gasteiger partial charge >= 0.3 is 0 Å². The molecule has 1 aliphatic carbocycles. The van der Waals surface area contributed by atoms with Gasteiger partial charge in [-0.15, -0.1) is 0 Å². The van der Waals surface area contributed by atoms with Gasteiger partial charge in [0.05, 0.1) is 44.5 Å². The third-order valence-electron chi connectivity index (χ3n) is 11.2. The molecule has 3 aromatic heterocycles. The number of fused-ring (bicyclic) bond motifs is 16. The summed E-state index contributed by atoms with van der Waals surface area (Å²) >= 11 is 0. The Balaban J connectivity index is 1.26. The van der Waals surface area contributed by atoms with Crippen molar-refractivity contribution in [1.29, 1.82) is 0 Å². The molecule has 0 atom stereocenters. The van der Waals surface area contributed by atoms with E-state index < -0.39 is 0 Å². The minimum Gasteiger partial charge on any atom is -0.307 e. The third kappa shape index (κ3) is 3.87. The van der Waals surface area contributed by atoms with Gasteiger partial charge in [-0.1, -0.05) is 133 Å². The zero-order valence-electron chi connectivity index (χ0n) is 28.6. The Hall–Kier alpha value is -7.17. The third-order valence-corrected chi connectivity index (χ3v) is 11.2. The number of rotatable bonds is 2. The molecule has 8 aromatic carbocycles. The second kappa shape index (κ2) is 10.7. The highest BCUT2D eigenvalue weighted by molar-refractivity contribution is 6.10. The lowest BCUT2D eigenvalue weighted by atomic mass is 9.81. The molecule has 0 bridgehead atoms. The van der Waals surface area contributed by atoms with Crippen LogP contribution in [0.3, 0.4) is 0 Å². The van der Waals surface area contributed by atoms with Crippen molar-refractivity contribution < 1.29 is 0 Å². The van der Waals surface area contributed by atoms with Gasteiger partial charge in [0.1, 0.15) is 0 Å². The highest BCUT2D eigenvalue weighted by Crippen LogP contribution is 2.49. The van der Waals surface area contributed by atoms with Crippen LogP contribution >= 0.6 is 0 Å². The molecule has 0 saturated heterocycles. The first-order valence-corrected chi connectivity index (χ1v) is 18.2. The van der Waals surface area contributed by atoms with Crippen LogP contribution in [0.15, 0.2) is 182 Å². The van der Waals surface area contributed by atoms with Crippen LogP contribution in [-0.2, 0) is 0 Å². The summed E-state index contributed by atoms with van der Waals surface area (Å²) in [6.45, 7) is 0. The van der Waals surface area contributed by atoms with Gasteiger partial charge in [-0.2, -0.15) is 0 Å².